The highest BCUT2D eigenvalue weighted by Gasteiger charge is 2.19. The zero-order valence-electron chi connectivity index (χ0n) is 9.23. The van der Waals surface area contributed by atoms with Crippen LogP contribution in [0.2, 0.25) is 5.15 Å². The van der Waals surface area contributed by atoms with E-state index in [2.05, 4.69) is 41.6 Å². The molecular formula is C10H7Br2ClN2O2S2. The standard InChI is InChI=1S/C10H7Br2ClN2O2S2/c11-6-2-9(10(13)14-3-6)19(16,17)15-4-8-1-7(12)5-18-8/h1-3,5,15H,4H2. The van der Waals surface area contributed by atoms with Crippen LogP contribution < -0.4 is 4.72 Å². The predicted molar refractivity (Wildman–Crippen MR) is 83.0 cm³/mol. The van der Waals surface area contributed by atoms with Crippen LogP contribution in [0, 0.1) is 0 Å². The third kappa shape index (κ3) is 3.99. The second-order valence-corrected chi connectivity index (χ2v) is 8.42. The summed E-state index contributed by atoms with van der Waals surface area (Å²) in [4.78, 5) is 4.65. The van der Waals surface area contributed by atoms with Gasteiger partial charge in [0.2, 0.25) is 10.0 Å². The molecule has 0 aliphatic carbocycles. The first kappa shape index (κ1) is 15.4. The average molecular weight is 447 g/mol. The minimum atomic E-state index is -3.69. The molecule has 0 atom stereocenters. The summed E-state index contributed by atoms with van der Waals surface area (Å²) in [6, 6.07) is 3.27. The van der Waals surface area contributed by atoms with E-state index in [4.69, 9.17) is 11.6 Å². The number of hydrogen-bond donors (Lipinski definition) is 1. The van der Waals surface area contributed by atoms with Gasteiger partial charge in [-0.3, -0.25) is 0 Å². The van der Waals surface area contributed by atoms with Crippen molar-refractivity contribution in [1.29, 1.82) is 0 Å². The van der Waals surface area contributed by atoms with Gasteiger partial charge in [-0.15, -0.1) is 11.3 Å². The van der Waals surface area contributed by atoms with Gasteiger partial charge >= 0.3 is 0 Å². The van der Waals surface area contributed by atoms with Crippen molar-refractivity contribution in [3.05, 3.63) is 42.7 Å². The zero-order valence-corrected chi connectivity index (χ0v) is 14.8. The van der Waals surface area contributed by atoms with Gasteiger partial charge in [0.25, 0.3) is 0 Å². The molecule has 102 valence electrons. The van der Waals surface area contributed by atoms with E-state index in [9.17, 15) is 8.42 Å². The second-order valence-electron chi connectivity index (χ2n) is 3.50. The van der Waals surface area contributed by atoms with Crippen molar-refractivity contribution in [3.8, 4) is 0 Å². The monoisotopic (exact) mass is 444 g/mol. The van der Waals surface area contributed by atoms with Crippen LogP contribution in [0.25, 0.3) is 0 Å². The van der Waals surface area contributed by atoms with Crippen molar-refractivity contribution in [1.82, 2.24) is 9.71 Å². The molecule has 0 fully saturated rings. The Kier molecular flexibility index (Phi) is 5.02. The molecular weight excluding hydrogens is 440 g/mol. The molecule has 0 unspecified atom stereocenters. The Labute approximate surface area is 136 Å². The van der Waals surface area contributed by atoms with Crippen molar-refractivity contribution in [2.24, 2.45) is 0 Å². The van der Waals surface area contributed by atoms with Crippen LogP contribution in [0.3, 0.4) is 0 Å². The fraction of sp³-hybridized carbons (Fsp3) is 0.100. The smallest absolute Gasteiger partial charge is 0.242 e. The highest BCUT2D eigenvalue weighted by molar-refractivity contribution is 9.10. The molecule has 2 heterocycles. The number of pyridine rings is 1. The van der Waals surface area contributed by atoms with Crippen molar-refractivity contribution in [2.75, 3.05) is 0 Å². The Hall–Kier alpha value is 0.01000. The summed E-state index contributed by atoms with van der Waals surface area (Å²) in [5.74, 6) is 0. The van der Waals surface area contributed by atoms with Crippen LogP contribution >= 0.6 is 54.8 Å². The summed E-state index contributed by atoms with van der Waals surface area (Å²) >= 11 is 13.8. The fourth-order valence-corrected chi connectivity index (χ4v) is 4.71. The van der Waals surface area contributed by atoms with E-state index in [-0.39, 0.29) is 16.6 Å². The molecule has 0 radical (unpaired) electrons. The maximum atomic E-state index is 12.1. The summed E-state index contributed by atoms with van der Waals surface area (Å²) in [6.07, 6.45) is 1.44. The van der Waals surface area contributed by atoms with Gasteiger partial charge in [-0.2, -0.15) is 0 Å². The summed E-state index contributed by atoms with van der Waals surface area (Å²) in [5.41, 5.74) is 0. The number of nitrogens with one attached hydrogen (secondary N) is 1. The van der Waals surface area contributed by atoms with Crippen molar-refractivity contribution >= 4 is 64.8 Å². The highest BCUT2D eigenvalue weighted by atomic mass is 79.9. The van der Waals surface area contributed by atoms with Crippen LogP contribution in [-0.4, -0.2) is 13.4 Å². The molecule has 1 N–H and O–H groups in total. The molecule has 0 amide bonds. The maximum absolute atomic E-state index is 12.1. The van der Waals surface area contributed by atoms with Crippen LogP contribution in [0.4, 0.5) is 0 Å². The Morgan fingerprint density at radius 3 is 2.68 bits per heavy atom. The molecule has 4 nitrogen and oxygen atoms in total. The van der Waals surface area contributed by atoms with Crippen molar-refractivity contribution < 1.29 is 8.42 Å². The fourth-order valence-electron chi connectivity index (χ4n) is 1.28. The Balaban J connectivity index is 2.20. The van der Waals surface area contributed by atoms with E-state index < -0.39 is 10.0 Å². The summed E-state index contributed by atoms with van der Waals surface area (Å²) in [7, 11) is -3.69. The molecule has 0 aromatic carbocycles. The maximum Gasteiger partial charge on any atom is 0.244 e. The molecule has 0 bridgehead atoms. The molecule has 2 aromatic rings. The number of aromatic nitrogens is 1. The van der Waals surface area contributed by atoms with E-state index in [1.165, 1.54) is 23.6 Å². The van der Waals surface area contributed by atoms with Crippen molar-refractivity contribution in [3.63, 3.8) is 0 Å². The van der Waals surface area contributed by atoms with Crippen LogP contribution in [-0.2, 0) is 16.6 Å². The molecule has 0 aliphatic rings. The van der Waals surface area contributed by atoms with Crippen LogP contribution in [0.1, 0.15) is 4.88 Å². The van der Waals surface area contributed by atoms with Gasteiger partial charge in [0, 0.05) is 31.9 Å². The number of halogens is 3. The first-order chi connectivity index (χ1) is 8.88. The lowest BCUT2D eigenvalue weighted by Gasteiger charge is -2.07. The highest BCUT2D eigenvalue weighted by Crippen LogP contribution is 2.24. The number of hydrogen-bond acceptors (Lipinski definition) is 4. The van der Waals surface area contributed by atoms with Gasteiger partial charge in [-0.05, 0) is 44.0 Å². The van der Waals surface area contributed by atoms with E-state index >= 15 is 0 Å². The molecule has 0 aliphatic heterocycles. The first-order valence-electron chi connectivity index (χ1n) is 4.92. The minimum Gasteiger partial charge on any atom is -0.242 e. The minimum absolute atomic E-state index is 0.0424. The van der Waals surface area contributed by atoms with E-state index in [1.807, 2.05) is 11.4 Å². The normalized spacial score (nSPS) is 11.7. The Morgan fingerprint density at radius 2 is 2.05 bits per heavy atom. The molecule has 2 aromatic heterocycles. The summed E-state index contributed by atoms with van der Waals surface area (Å²) < 4.78 is 28.2. The quantitative estimate of drug-likeness (QED) is 0.727. The number of rotatable bonds is 4. The van der Waals surface area contributed by atoms with Gasteiger partial charge < -0.3 is 0 Å². The first-order valence-corrected chi connectivity index (χ1v) is 9.25. The lowest BCUT2D eigenvalue weighted by atomic mass is 10.5. The molecule has 0 spiro atoms. The third-order valence-corrected chi connectivity index (χ3v) is 6.08. The van der Waals surface area contributed by atoms with E-state index in [0.29, 0.717) is 4.47 Å². The summed E-state index contributed by atoms with van der Waals surface area (Å²) in [6.45, 7) is 0.210. The number of thiophene rings is 1. The van der Waals surface area contributed by atoms with Gasteiger partial charge in [0.1, 0.15) is 10.0 Å². The molecule has 19 heavy (non-hydrogen) atoms. The molecule has 9 heteroatoms. The second kappa shape index (κ2) is 6.19. The van der Waals surface area contributed by atoms with Gasteiger partial charge in [-0.1, -0.05) is 11.6 Å². The molecule has 2 rings (SSSR count). The zero-order chi connectivity index (χ0) is 14.0. The SMILES string of the molecule is O=S(=O)(NCc1cc(Br)cs1)c1cc(Br)cnc1Cl. The number of sulfonamides is 1. The lowest BCUT2D eigenvalue weighted by Crippen LogP contribution is -2.23. The van der Waals surface area contributed by atoms with Crippen molar-refractivity contribution in [2.45, 2.75) is 11.4 Å². The largest absolute Gasteiger partial charge is 0.244 e. The molecule has 0 saturated heterocycles. The average Bonchev–Trinajstić information content (AvgIpc) is 2.76. The Bertz CT molecular complexity index is 703. The Morgan fingerprint density at radius 1 is 1.32 bits per heavy atom. The lowest BCUT2D eigenvalue weighted by molar-refractivity contribution is 0.581. The summed E-state index contributed by atoms with van der Waals surface area (Å²) in [5, 5.41) is 1.83. The number of nitrogens with zero attached hydrogens (tertiary/aromatic N) is 1. The van der Waals surface area contributed by atoms with Gasteiger partial charge in [0.15, 0.2) is 0 Å². The van der Waals surface area contributed by atoms with E-state index in [0.717, 1.165) is 9.35 Å². The van der Waals surface area contributed by atoms with Crippen LogP contribution in [0.5, 0.6) is 0 Å². The van der Waals surface area contributed by atoms with Crippen LogP contribution in [0.15, 0.2) is 37.6 Å². The predicted octanol–water partition coefficient (Wildman–Crippen LogP) is 3.80. The van der Waals surface area contributed by atoms with E-state index in [1.54, 1.807) is 0 Å². The van der Waals surface area contributed by atoms with Gasteiger partial charge in [-0.25, -0.2) is 18.1 Å². The van der Waals surface area contributed by atoms with Gasteiger partial charge in [0.05, 0.1) is 0 Å². The third-order valence-electron chi connectivity index (χ3n) is 2.12. The molecule has 0 saturated carbocycles. The topological polar surface area (TPSA) is 59.1 Å².